The molecule has 0 saturated heterocycles. The fourth-order valence-corrected chi connectivity index (χ4v) is 3.95. The molecule has 0 amide bonds. The molecule has 2 aromatic heterocycles. The highest BCUT2D eigenvalue weighted by atomic mass is 32.2. The van der Waals surface area contributed by atoms with Crippen LogP contribution in [0.5, 0.6) is 5.75 Å². The van der Waals surface area contributed by atoms with Gasteiger partial charge in [0.05, 0.1) is 23.4 Å². The second-order valence-electron chi connectivity index (χ2n) is 7.36. The third-order valence-corrected chi connectivity index (χ3v) is 5.91. The van der Waals surface area contributed by atoms with Crippen LogP contribution in [0.3, 0.4) is 0 Å². The first kappa shape index (κ1) is 21.5. The molecule has 8 nitrogen and oxygen atoms in total. The van der Waals surface area contributed by atoms with Gasteiger partial charge >= 0.3 is 0 Å². The molecule has 1 N–H and O–H groups in total. The Bertz CT molecular complexity index is 1350. The minimum absolute atomic E-state index is 0.281. The van der Waals surface area contributed by atoms with Gasteiger partial charge < -0.3 is 10.1 Å². The monoisotopic (exact) mass is 449 g/mol. The standard InChI is InChI=1S/C23H23N5O3S/c1-16-13-23(28(27-16)18-7-9-19(31-2)10-8-18)26-21-11-12-24-22(25-21)15-17-5-4-6-20(14-17)32(3,29)30/h4-14H,15H2,1-3H3,(H,24,25,26). The summed E-state index contributed by atoms with van der Waals surface area (Å²) >= 11 is 0. The van der Waals surface area contributed by atoms with Gasteiger partial charge in [-0.05, 0) is 55.0 Å². The minimum atomic E-state index is -3.27. The summed E-state index contributed by atoms with van der Waals surface area (Å²) in [6.07, 6.45) is 3.28. The number of aryl methyl sites for hydroxylation is 1. The first-order valence-electron chi connectivity index (χ1n) is 9.91. The molecule has 2 aromatic carbocycles. The van der Waals surface area contributed by atoms with E-state index in [9.17, 15) is 8.42 Å². The Balaban J connectivity index is 1.58. The topological polar surface area (TPSA) is 99.0 Å². The molecule has 0 saturated carbocycles. The highest BCUT2D eigenvalue weighted by molar-refractivity contribution is 7.90. The molecule has 0 aliphatic carbocycles. The van der Waals surface area contributed by atoms with Gasteiger partial charge in [-0.15, -0.1) is 0 Å². The van der Waals surface area contributed by atoms with Crippen LogP contribution in [-0.4, -0.2) is 41.5 Å². The van der Waals surface area contributed by atoms with E-state index in [0.29, 0.717) is 18.1 Å². The highest BCUT2D eigenvalue weighted by Gasteiger charge is 2.11. The predicted octanol–water partition coefficient (Wildman–Crippen LogP) is 3.72. The van der Waals surface area contributed by atoms with Crippen molar-refractivity contribution in [2.45, 2.75) is 18.2 Å². The number of nitrogens with zero attached hydrogens (tertiary/aromatic N) is 4. The molecule has 0 aliphatic rings. The van der Waals surface area contributed by atoms with Gasteiger partial charge in [-0.2, -0.15) is 5.10 Å². The molecular weight excluding hydrogens is 426 g/mol. The second kappa shape index (κ2) is 8.80. The van der Waals surface area contributed by atoms with Gasteiger partial charge in [0.15, 0.2) is 9.84 Å². The quantitative estimate of drug-likeness (QED) is 0.459. The third kappa shape index (κ3) is 4.94. The number of benzene rings is 2. The van der Waals surface area contributed by atoms with Crippen LogP contribution in [0.25, 0.3) is 5.69 Å². The van der Waals surface area contributed by atoms with Gasteiger partial charge in [0.25, 0.3) is 0 Å². The van der Waals surface area contributed by atoms with Crippen molar-refractivity contribution >= 4 is 21.5 Å². The Hall–Kier alpha value is -3.72. The Labute approximate surface area is 186 Å². The maximum Gasteiger partial charge on any atom is 0.175 e. The third-order valence-electron chi connectivity index (χ3n) is 4.80. The van der Waals surface area contributed by atoms with Gasteiger partial charge in [-0.25, -0.2) is 23.1 Å². The first-order valence-corrected chi connectivity index (χ1v) is 11.8. The molecule has 0 atom stereocenters. The van der Waals surface area contributed by atoms with E-state index in [4.69, 9.17) is 4.74 Å². The van der Waals surface area contributed by atoms with Crippen LogP contribution >= 0.6 is 0 Å². The van der Waals surface area contributed by atoms with E-state index in [2.05, 4.69) is 20.4 Å². The number of hydrogen-bond donors (Lipinski definition) is 1. The van der Waals surface area contributed by atoms with Gasteiger partial charge in [0.2, 0.25) is 0 Å². The Kier molecular flexibility index (Phi) is 5.91. The van der Waals surface area contributed by atoms with Crippen molar-refractivity contribution in [1.29, 1.82) is 0 Å². The number of nitrogens with one attached hydrogen (secondary N) is 1. The van der Waals surface area contributed by atoms with E-state index < -0.39 is 9.84 Å². The lowest BCUT2D eigenvalue weighted by Gasteiger charge is -2.11. The van der Waals surface area contributed by atoms with Gasteiger partial charge in [-0.1, -0.05) is 12.1 Å². The number of hydrogen-bond acceptors (Lipinski definition) is 7. The van der Waals surface area contributed by atoms with E-state index in [1.54, 1.807) is 42.3 Å². The van der Waals surface area contributed by atoms with E-state index >= 15 is 0 Å². The molecule has 0 unspecified atom stereocenters. The lowest BCUT2D eigenvalue weighted by molar-refractivity contribution is 0.414. The predicted molar refractivity (Wildman–Crippen MR) is 123 cm³/mol. The first-order chi connectivity index (χ1) is 15.3. The van der Waals surface area contributed by atoms with Crippen LogP contribution in [0.15, 0.2) is 71.8 Å². The van der Waals surface area contributed by atoms with Gasteiger partial charge in [0.1, 0.15) is 23.2 Å². The van der Waals surface area contributed by atoms with Crippen LogP contribution in [0.1, 0.15) is 17.1 Å². The highest BCUT2D eigenvalue weighted by Crippen LogP contribution is 2.23. The van der Waals surface area contributed by atoms with Crippen LogP contribution in [0.2, 0.25) is 0 Å². The minimum Gasteiger partial charge on any atom is -0.497 e. The second-order valence-corrected chi connectivity index (χ2v) is 9.38. The Morgan fingerprint density at radius 3 is 2.56 bits per heavy atom. The zero-order valence-electron chi connectivity index (χ0n) is 18.0. The summed E-state index contributed by atoms with van der Waals surface area (Å²) in [5.74, 6) is 2.72. The zero-order chi connectivity index (χ0) is 22.7. The van der Waals surface area contributed by atoms with Crippen LogP contribution in [-0.2, 0) is 16.3 Å². The van der Waals surface area contributed by atoms with Crippen LogP contribution < -0.4 is 10.1 Å². The normalized spacial score (nSPS) is 11.3. The lowest BCUT2D eigenvalue weighted by atomic mass is 10.1. The molecular formula is C23H23N5O3S. The van der Waals surface area contributed by atoms with E-state index in [0.717, 1.165) is 28.5 Å². The summed E-state index contributed by atoms with van der Waals surface area (Å²) < 4.78 is 30.7. The molecule has 2 heterocycles. The molecule has 0 radical (unpaired) electrons. The van der Waals surface area contributed by atoms with Crippen molar-refractivity contribution in [3.8, 4) is 11.4 Å². The van der Waals surface area contributed by atoms with Crippen molar-refractivity contribution in [2.75, 3.05) is 18.7 Å². The number of anilines is 2. The number of sulfone groups is 1. The van der Waals surface area contributed by atoms with E-state index in [1.165, 1.54) is 6.26 Å². The van der Waals surface area contributed by atoms with Crippen molar-refractivity contribution in [1.82, 2.24) is 19.7 Å². The number of aromatic nitrogens is 4. The molecule has 0 spiro atoms. The lowest BCUT2D eigenvalue weighted by Crippen LogP contribution is -2.05. The maximum atomic E-state index is 11.8. The van der Waals surface area contributed by atoms with Gasteiger partial charge in [0, 0.05) is 24.9 Å². The van der Waals surface area contributed by atoms with Crippen molar-refractivity contribution in [3.05, 3.63) is 83.9 Å². The fourth-order valence-electron chi connectivity index (χ4n) is 3.26. The van der Waals surface area contributed by atoms with Crippen molar-refractivity contribution in [2.24, 2.45) is 0 Å². The SMILES string of the molecule is COc1ccc(-n2nc(C)cc2Nc2ccnc(Cc3cccc(S(C)(=O)=O)c3)n2)cc1. The zero-order valence-corrected chi connectivity index (χ0v) is 18.8. The number of rotatable bonds is 7. The number of methoxy groups -OCH3 is 1. The molecule has 164 valence electrons. The van der Waals surface area contributed by atoms with E-state index in [1.807, 2.05) is 43.3 Å². The molecule has 4 rings (SSSR count). The summed E-state index contributed by atoms with van der Waals surface area (Å²) in [4.78, 5) is 9.21. The van der Waals surface area contributed by atoms with Crippen LogP contribution in [0, 0.1) is 6.92 Å². The van der Waals surface area contributed by atoms with Crippen molar-refractivity contribution in [3.63, 3.8) is 0 Å². The molecule has 0 bridgehead atoms. The summed E-state index contributed by atoms with van der Waals surface area (Å²) in [5.41, 5.74) is 2.56. The summed E-state index contributed by atoms with van der Waals surface area (Å²) in [6.45, 7) is 1.92. The molecule has 0 fully saturated rings. The molecule has 32 heavy (non-hydrogen) atoms. The summed E-state index contributed by atoms with van der Waals surface area (Å²) in [5, 5.41) is 7.87. The molecule has 9 heteroatoms. The fraction of sp³-hybridized carbons (Fsp3) is 0.174. The molecule has 0 aliphatic heterocycles. The Morgan fingerprint density at radius 1 is 1.06 bits per heavy atom. The number of ether oxygens (including phenoxy) is 1. The molecule has 4 aromatic rings. The summed E-state index contributed by atoms with van der Waals surface area (Å²) in [7, 11) is -1.64. The van der Waals surface area contributed by atoms with Gasteiger partial charge in [-0.3, -0.25) is 0 Å². The smallest absolute Gasteiger partial charge is 0.175 e. The van der Waals surface area contributed by atoms with E-state index in [-0.39, 0.29) is 4.90 Å². The average molecular weight is 450 g/mol. The summed E-state index contributed by atoms with van der Waals surface area (Å²) in [6, 6.07) is 18.1. The largest absolute Gasteiger partial charge is 0.497 e. The van der Waals surface area contributed by atoms with Crippen LogP contribution in [0.4, 0.5) is 11.6 Å². The maximum absolute atomic E-state index is 11.8. The average Bonchev–Trinajstić information content (AvgIpc) is 3.13. The van der Waals surface area contributed by atoms with Crippen molar-refractivity contribution < 1.29 is 13.2 Å². The Morgan fingerprint density at radius 2 is 1.84 bits per heavy atom.